The highest BCUT2D eigenvalue weighted by molar-refractivity contribution is 5.66. The molecule has 4 nitrogen and oxygen atoms in total. The molecular formula is C15H28N4. The molecule has 1 saturated carbocycles. The van der Waals surface area contributed by atoms with Gasteiger partial charge in [0, 0.05) is 13.1 Å². The molecule has 1 aliphatic rings. The highest BCUT2D eigenvalue weighted by Crippen LogP contribution is 2.33. The molecule has 0 saturated heterocycles. The van der Waals surface area contributed by atoms with Crippen LogP contribution < -0.4 is 11.1 Å². The van der Waals surface area contributed by atoms with E-state index in [1.807, 2.05) is 11.7 Å². The van der Waals surface area contributed by atoms with E-state index in [4.69, 9.17) is 5.73 Å². The second kappa shape index (κ2) is 5.43. The lowest BCUT2D eigenvalue weighted by atomic mass is 9.80. The SMILES string of the molecule is CC1CC(C)CC(Nc2c(N)c(C(C)C)nn2C)C1. The van der Waals surface area contributed by atoms with Crippen molar-refractivity contribution in [3.05, 3.63) is 5.69 Å². The molecule has 2 atom stereocenters. The predicted molar refractivity (Wildman–Crippen MR) is 81.3 cm³/mol. The van der Waals surface area contributed by atoms with E-state index in [-0.39, 0.29) is 0 Å². The number of aryl methyl sites for hydroxylation is 1. The summed E-state index contributed by atoms with van der Waals surface area (Å²) >= 11 is 0. The zero-order chi connectivity index (χ0) is 14.2. The summed E-state index contributed by atoms with van der Waals surface area (Å²) in [6, 6.07) is 0.525. The van der Waals surface area contributed by atoms with Gasteiger partial charge in [-0.2, -0.15) is 5.10 Å². The van der Waals surface area contributed by atoms with Gasteiger partial charge in [-0.25, -0.2) is 0 Å². The van der Waals surface area contributed by atoms with Crippen LogP contribution in [0.25, 0.3) is 0 Å². The van der Waals surface area contributed by atoms with Crippen molar-refractivity contribution < 1.29 is 0 Å². The van der Waals surface area contributed by atoms with Gasteiger partial charge in [-0.05, 0) is 37.0 Å². The number of hydrogen-bond donors (Lipinski definition) is 2. The summed E-state index contributed by atoms with van der Waals surface area (Å²) < 4.78 is 1.90. The van der Waals surface area contributed by atoms with Crippen LogP contribution in [0.1, 0.15) is 58.6 Å². The highest BCUT2D eigenvalue weighted by Gasteiger charge is 2.26. The predicted octanol–water partition coefficient (Wildman–Crippen LogP) is 3.36. The standard InChI is InChI=1S/C15H28N4/c1-9(2)14-13(16)15(19(5)18-14)17-12-7-10(3)6-11(4)8-12/h9-12,17H,6-8,16H2,1-5H3. The fourth-order valence-corrected chi connectivity index (χ4v) is 3.42. The van der Waals surface area contributed by atoms with Crippen LogP contribution in [0.15, 0.2) is 0 Å². The molecule has 2 unspecified atom stereocenters. The molecule has 0 aromatic carbocycles. The second-order valence-electron chi connectivity index (χ2n) is 6.68. The summed E-state index contributed by atoms with van der Waals surface area (Å²) in [5, 5.41) is 8.17. The minimum absolute atomic E-state index is 0.367. The van der Waals surface area contributed by atoms with E-state index in [9.17, 15) is 0 Å². The van der Waals surface area contributed by atoms with Crippen LogP contribution >= 0.6 is 0 Å². The molecule has 1 fully saturated rings. The number of hydrogen-bond acceptors (Lipinski definition) is 3. The van der Waals surface area contributed by atoms with E-state index < -0.39 is 0 Å². The Morgan fingerprint density at radius 2 is 1.79 bits per heavy atom. The molecule has 0 radical (unpaired) electrons. The van der Waals surface area contributed by atoms with Gasteiger partial charge < -0.3 is 11.1 Å². The maximum atomic E-state index is 6.25. The van der Waals surface area contributed by atoms with E-state index in [0.717, 1.165) is 29.0 Å². The van der Waals surface area contributed by atoms with Crippen LogP contribution in [0.4, 0.5) is 11.5 Å². The van der Waals surface area contributed by atoms with E-state index in [0.29, 0.717) is 12.0 Å². The first-order valence-electron chi connectivity index (χ1n) is 7.47. The zero-order valence-corrected chi connectivity index (χ0v) is 12.9. The molecule has 2 rings (SSSR count). The molecule has 1 heterocycles. The Morgan fingerprint density at radius 3 is 2.26 bits per heavy atom. The molecule has 0 amide bonds. The second-order valence-corrected chi connectivity index (χ2v) is 6.68. The van der Waals surface area contributed by atoms with Crippen molar-refractivity contribution in [2.24, 2.45) is 18.9 Å². The van der Waals surface area contributed by atoms with Gasteiger partial charge in [0.25, 0.3) is 0 Å². The molecule has 3 N–H and O–H groups in total. The monoisotopic (exact) mass is 264 g/mol. The van der Waals surface area contributed by atoms with Gasteiger partial charge in [0.05, 0.1) is 11.4 Å². The average molecular weight is 264 g/mol. The van der Waals surface area contributed by atoms with Gasteiger partial charge in [0.2, 0.25) is 0 Å². The van der Waals surface area contributed by atoms with Gasteiger partial charge in [0.15, 0.2) is 0 Å². The number of nitrogens with one attached hydrogen (secondary N) is 1. The molecule has 0 spiro atoms. The fourth-order valence-electron chi connectivity index (χ4n) is 3.42. The molecule has 0 aliphatic heterocycles. The van der Waals surface area contributed by atoms with Crippen molar-refractivity contribution in [2.45, 2.75) is 58.9 Å². The van der Waals surface area contributed by atoms with Crippen LogP contribution in [0.5, 0.6) is 0 Å². The Hall–Kier alpha value is -1.19. The summed E-state index contributed by atoms with van der Waals surface area (Å²) in [7, 11) is 1.97. The van der Waals surface area contributed by atoms with Gasteiger partial charge in [-0.1, -0.05) is 27.7 Å². The summed E-state index contributed by atoms with van der Waals surface area (Å²) in [4.78, 5) is 0. The third kappa shape index (κ3) is 3.04. The lowest BCUT2D eigenvalue weighted by molar-refractivity contribution is 0.280. The first-order valence-corrected chi connectivity index (χ1v) is 7.47. The van der Waals surface area contributed by atoms with Crippen molar-refractivity contribution in [3.63, 3.8) is 0 Å². The number of nitrogens with zero attached hydrogens (tertiary/aromatic N) is 2. The molecular weight excluding hydrogens is 236 g/mol. The number of nitrogen functional groups attached to an aromatic ring is 1. The maximum Gasteiger partial charge on any atom is 0.148 e. The minimum Gasteiger partial charge on any atom is -0.394 e. The lowest BCUT2D eigenvalue weighted by Gasteiger charge is -2.32. The molecule has 0 bridgehead atoms. The van der Waals surface area contributed by atoms with Crippen molar-refractivity contribution in [1.29, 1.82) is 0 Å². The Balaban J connectivity index is 2.15. The number of aromatic nitrogens is 2. The first-order chi connectivity index (χ1) is 8.88. The largest absolute Gasteiger partial charge is 0.394 e. The number of anilines is 2. The third-order valence-electron chi connectivity index (χ3n) is 4.18. The van der Waals surface area contributed by atoms with E-state index in [1.165, 1.54) is 19.3 Å². The van der Waals surface area contributed by atoms with Crippen LogP contribution in [0.3, 0.4) is 0 Å². The summed E-state index contributed by atoms with van der Waals surface area (Å²) in [6.45, 7) is 8.95. The van der Waals surface area contributed by atoms with Crippen LogP contribution in [0, 0.1) is 11.8 Å². The average Bonchev–Trinajstić information content (AvgIpc) is 2.56. The molecule has 1 aliphatic carbocycles. The Labute approximate surface area is 116 Å². The molecule has 1 aromatic heterocycles. The number of rotatable bonds is 3. The summed E-state index contributed by atoms with van der Waals surface area (Å²) in [5.74, 6) is 2.95. The van der Waals surface area contributed by atoms with Crippen molar-refractivity contribution >= 4 is 11.5 Å². The van der Waals surface area contributed by atoms with Crippen LogP contribution in [0.2, 0.25) is 0 Å². The number of nitrogens with two attached hydrogens (primary N) is 1. The maximum absolute atomic E-state index is 6.25. The normalized spacial score (nSPS) is 27.8. The topological polar surface area (TPSA) is 55.9 Å². The van der Waals surface area contributed by atoms with Crippen molar-refractivity contribution in [2.75, 3.05) is 11.1 Å². The van der Waals surface area contributed by atoms with Crippen LogP contribution in [-0.4, -0.2) is 15.8 Å². The zero-order valence-electron chi connectivity index (χ0n) is 12.9. The van der Waals surface area contributed by atoms with E-state index >= 15 is 0 Å². The Morgan fingerprint density at radius 1 is 1.21 bits per heavy atom. The summed E-state index contributed by atoms with van der Waals surface area (Å²) in [5.41, 5.74) is 8.07. The summed E-state index contributed by atoms with van der Waals surface area (Å²) in [6.07, 6.45) is 3.80. The Kier molecular flexibility index (Phi) is 4.07. The van der Waals surface area contributed by atoms with Gasteiger partial charge >= 0.3 is 0 Å². The molecule has 1 aromatic rings. The fraction of sp³-hybridized carbons (Fsp3) is 0.800. The molecule has 108 valence electrons. The minimum atomic E-state index is 0.367. The third-order valence-corrected chi connectivity index (χ3v) is 4.18. The van der Waals surface area contributed by atoms with E-state index in [2.05, 4.69) is 38.1 Å². The van der Waals surface area contributed by atoms with Gasteiger partial charge in [-0.3, -0.25) is 4.68 Å². The molecule has 19 heavy (non-hydrogen) atoms. The quantitative estimate of drug-likeness (QED) is 0.880. The van der Waals surface area contributed by atoms with E-state index in [1.54, 1.807) is 0 Å². The first kappa shape index (κ1) is 14.2. The van der Waals surface area contributed by atoms with Gasteiger partial charge in [-0.15, -0.1) is 0 Å². The van der Waals surface area contributed by atoms with Crippen molar-refractivity contribution in [1.82, 2.24) is 9.78 Å². The van der Waals surface area contributed by atoms with Crippen molar-refractivity contribution in [3.8, 4) is 0 Å². The van der Waals surface area contributed by atoms with Gasteiger partial charge in [0.1, 0.15) is 5.82 Å². The smallest absolute Gasteiger partial charge is 0.148 e. The van der Waals surface area contributed by atoms with Crippen LogP contribution in [-0.2, 0) is 7.05 Å². The molecule has 4 heteroatoms. The Bertz CT molecular complexity index is 426. The highest BCUT2D eigenvalue weighted by atomic mass is 15.3. The lowest BCUT2D eigenvalue weighted by Crippen LogP contribution is -2.31.